The summed E-state index contributed by atoms with van der Waals surface area (Å²) in [6.45, 7) is 6.14. The van der Waals surface area contributed by atoms with Crippen LogP contribution in [-0.2, 0) is 4.74 Å². The van der Waals surface area contributed by atoms with Gasteiger partial charge in [-0.15, -0.1) is 11.3 Å². The van der Waals surface area contributed by atoms with Crippen LogP contribution in [0.4, 0.5) is 21.2 Å². The maximum absolute atomic E-state index is 11.5. The number of aliphatic imine (C=N–C) groups is 1. The third kappa shape index (κ3) is 3.99. The number of carbonyl (C=O) groups excluding carboxylic acids is 1. The first-order valence-electron chi connectivity index (χ1n) is 9.17. The van der Waals surface area contributed by atoms with E-state index in [9.17, 15) is 4.79 Å². The maximum Gasteiger partial charge on any atom is 0.365 e. The fraction of sp³-hybridized carbons (Fsp3) is 0.350. The molecule has 1 aromatic heterocycles. The number of likely N-dealkylation sites (N-methyl/N-ethyl adjacent to an activating group) is 1. The molecular weight excluding hydrogens is 487 g/mol. The van der Waals surface area contributed by atoms with Crippen molar-refractivity contribution in [1.29, 1.82) is 0 Å². The van der Waals surface area contributed by atoms with Gasteiger partial charge in [-0.05, 0) is 45.9 Å². The first-order valence-corrected chi connectivity index (χ1v) is 12.6. The lowest BCUT2D eigenvalue weighted by molar-refractivity contribution is -0.928. The Kier molecular flexibility index (Phi) is 5.52. The van der Waals surface area contributed by atoms with Crippen LogP contribution in [-0.4, -0.2) is 63.7 Å². The summed E-state index contributed by atoms with van der Waals surface area (Å²) in [6.07, 6.45) is 0. The minimum absolute atomic E-state index is 0.130. The van der Waals surface area contributed by atoms with Gasteiger partial charge < -0.3 is 15.0 Å². The van der Waals surface area contributed by atoms with E-state index in [2.05, 4.69) is 46.9 Å². The van der Waals surface area contributed by atoms with Crippen molar-refractivity contribution in [2.24, 2.45) is 4.99 Å². The number of aryl methyl sites for hydroxylation is 1. The molecule has 1 fully saturated rings. The predicted octanol–water partition coefficient (Wildman–Crippen LogP) is 4.45. The first-order chi connectivity index (χ1) is 13.5. The van der Waals surface area contributed by atoms with Crippen molar-refractivity contribution in [2.45, 2.75) is 6.92 Å². The molecule has 0 bridgehead atoms. The van der Waals surface area contributed by atoms with E-state index in [1.807, 2.05) is 12.1 Å². The van der Waals surface area contributed by atoms with Crippen LogP contribution in [0.15, 0.2) is 35.3 Å². The van der Waals surface area contributed by atoms with Crippen molar-refractivity contribution in [1.82, 2.24) is 4.90 Å². The zero-order valence-electron chi connectivity index (χ0n) is 16.1. The van der Waals surface area contributed by atoms with Crippen molar-refractivity contribution in [3.05, 3.63) is 40.8 Å². The molecule has 0 aliphatic carbocycles. The Morgan fingerprint density at radius 1 is 1.39 bits per heavy atom. The van der Waals surface area contributed by atoms with Gasteiger partial charge in [-0.2, -0.15) is 0 Å². The third-order valence-corrected chi connectivity index (χ3v) is 7.09. The zero-order valence-corrected chi connectivity index (χ0v) is 19.0. The lowest BCUT2D eigenvalue weighted by atomic mass is 10.2. The number of para-hydroxylation sites is 2. The first kappa shape index (κ1) is 19.5. The molecule has 1 aromatic carbocycles. The Balaban J connectivity index is 1.58. The number of amidine groups is 1. The molecule has 28 heavy (non-hydrogen) atoms. The van der Waals surface area contributed by atoms with E-state index in [0.717, 1.165) is 52.9 Å². The summed E-state index contributed by atoms with van der Waals surface area (Å²) in [5.74, 6) is 1.03. The molecule has 0 radical (unpaired) electrons. The molecule has 4 rings (SSSR count). The summed E-state index contributed by atoms with van der Waals surface area (Å²) in [5, 5.41) is 4.71. The number of ether oxygens (including phenoxy) is 1. The molecule has 0 spiro atoms. The zero-order chi connectivity index (χ0) is 19.7. The van der Waals surface area contributed by atoms with Gasteiger partial charge in [-0.1, -0.05) is 16.6 Å². The summed E-state index contributed by atoms with van der Waals surface area (Å²) in [7, 11) is 2.15. The number of anilines is 2. The van der Waals surface area contributed by atoms with Gasteiger partial charge >= 0.3 is 3.98 Å². The normalized spacial score (nSPS) is 17.6. The van der Waals surface area contributed by atoms with Gasteiger partial charge in [0.2, 0.25) is 6.73 Å². The van der Waals surface area contributed by atoms with Crippen LogP contribution >= 0.6 is 32.1 Å². The van der Waals surface area contributed by atoms with Gasteiger partial charge in [0.25, 0.3) is 0 Å². The molecule has 148 valence electrons. The molecule has 2 aliphatic rings. The molecule has 2 aromatic rings. The number of nitrogens with zero attached hydrogens (tertiary/aromatic N) is 3. The summed E-state index contributed by atoms with van der Waals surface area (Å²) in [4.78, 5) is 20.2. The molecule has 3 heterocycles. The van der Waals surface area contributed by atoms with E-state index >= 15 is 0 Å². The number of fused-ring (bicyclic) bond motifs is 2. The van der Waals surface area contributed by atoms with Gasteiger partial charge in [0.1, 0.15) is 10.8 Å². The minimum atomic E-state index is -0.739. The Bertz CT molecular complexity index is 947. The second-order valence-corrected chi connectivity index (χ2v) is 10.3. The standard InChI is InChI=1S/C20H24IN4O2S/c1-14-12-15-18(22-16-6-4-5-7-17(16)23-19(15)28-14)24-8-10-25(3,11-9-24)13-27-20(26)21-2/h4-7,12,23H,2,8-11,13H2,1,3H3/q+1. The van der Waals surface area contributed by atoms with Crippen molar-refractivity contribution in [2.75, 3.05) is 45.3 Å². The van der Waals surface area contributed by atoms with Gasteiger partial charge in [0.05, 0.1) is 50.2 Å². The minimum Gasteiger partial charge on any atom is -0.408 e. The molecule has 2 aliphatic heterocycles. The van der Waals surface area contributed by atoms with E-state index < -0.39 is 20.7 Å². The Hall–Kier alpha value is -1.78. The van der Waals surface area contributed by atoms with Crippen LogP contribution in [0.1, 0.15) is 10.4 Å². The highest BCUT2D eigenvalue weighted by Crippen LogP contribution is 2.39. The number of hydrogen-bond donors (Lipinski definition) is 1. The van der Waals surface area contributed by atoms with Gasteiger partial charge in [-0.3, -0.25) is 4.48 Å². The highest BCUT2D eigenvalue weighted by atomic mass is 127. The van der Waals surface area contributed by atoms with Crippen LogP contribution < -0.4 is 5.32 Å². The topological polar surface area (TPSA) is 53.9 Å². The summed E-state index contributed by atoms with van der Waals surface area (Å²) in [6, 6.07) is 10.4. The average molecular weight is 511 g/mol. The van der Waals surface area contributed by atoms with Crippen LogP contribution in [0.25, 0.3) is 0 Å². The second kappa shape index (κ2) is 7.92. The van der Waals surface area contributed by atoms with E-state index in [1.54, 1.807) is 11.3 Å². The van der Waals surface area contributed by atoms with Crippen molar-refractivity contribution < 1.29 is 14.0 Å². The van der Waals surface area contributed by atoms with Crippen LogP contribution in [0.3, 0.4) is 0 Å². The van der Waals surface area contributed by atoms with E-state index in [-0.39, 0.29) is 3.98 Å². The Morgan fingerprint density at radius 2 is 2.14 bits per heavy atom. The molecule has 6 nitrogen and oxygen atoms in total. The largest absolute Gasteiger partial charge is 0.408 e. The number of piperazine rings is 1. The van der Waals surface area contributed by atoms with Gasteiger partial charge in [-0.25, -0.2) is 9.79 Å². The van der Waals surface area contributed by atoms with E-state index in [4.69, 9.17) is 9.73 Å². The average Bonchev–Trinajstić information content (AvgIpc) is 2.99. The highest BCUT2D eigenvalue weighted by molar-refractivity contribution is 14.2. The second-order valence-electron chi connectivity index (χ2n) is 7.38. The Morgan fingerprint density at radius 3 is 2.89 bits per heavy atom. The number of carbonyl (C=O) groups is 1. The van der Waals surface area contributed by atoms with Gasteiger partial charge in [0.15, 0.2) is 0 Å². The Labute approximate surface area is 179 Å². The maximum atomic E-state index is 11.5. The van der Waals surface area contributed by atoms with Gasteiger partial charge in [0, 0.05) is 4.88 Å². The molecule has 0 unspecified atom stereocenters. The summed E-state index contributed by atoms with van der Waals surface area (Å²) >= 11 is 1.03. The van der Waals surface area contributed by atoms with E-state index in [0.29, 0.717) is 6.73 Å². The molecule has 1 saturated heterocycles. The number of thiophene rings is 1. The molecule has 0 amide bonds. The SMILES string of the molecule is C=IC(=O)OC[N+]1(C)CCN(C2=Nc3ccccc3Nc3sc(C)cc32)CC1. The summed E-state index contributed by atoms with van der Waals surface area (Å²) in [5.41, 5.74) is 3.18. The number of hydrogen-bond acceptors (Lipinski definition) is 6. The fourth-order valence-electron chi connectivity index (χ4n) is 3.52. The van der Waals surface area contributed by atoms with Crippen molar-refractivity contribution in [3.8, 4) is 0 Å². The number of rotatable bonds is 3. The predicted molar refractivity (Wildman–Crippen MR) is 125 cm³/mol. The third-order valence-electron chi connectivity index (χ3n) is 5.19. The molecule has 0 atom stereocenters. The monoisotopic (exact) mass is 511 g/mol. The lowest BCUT2D eigenvalue weighted by Gasteiger charge is -2.41. The van der Waals surface area contributed by atoms with Crippen molar-refractivity contribution in [3.63, 3.8) is 0 Å². The smallest absolute Gasteiger partial charge is 0.365 e. The number of nitrogens with one attached hydrogen (secondary N) is 1. The quantitative estimate of drug-likeness (QED) is 0.376. The number of halogens is 1. The number of benzene rings is 1. The summed E-state index contributed by atoms with van der Waals surface area (Å²) < 4.78 is 9.71. The highest BCUT2D eigenvalue weighted by Gasteiger charge is 2.33. The fourth-order valence-corrected chi connectivity index (χ4v) is 4.80. The van der Waals surface area contributed by atoms with Crippen LogP contribution in [0, 0.1) is 6.92 Å². The van der Waals surface area contributed by atoms with Crippen LogP contribution in [0.2, 0.25) is 0 Å². The molecule has 8 heteroatoms. The van der Waals surface area contributed by atoms with E-state index in [1.165, 1.54) is 10.4 Å². The number of quaternary nitrogens is 1. The lowest BCUT2D eigenvalue weighted by Crippen LogP contribution is -2.59. The molecule has 1 N–H and O–H groups in total. The molecule has 0 saturated carbocycles. The van der Waals surface area contributed by atoms with Crippen LogP contribution in [0.5, 0.6) is 0 Å². The molecular formula is C20H24IN4O2S+. The van der Waals surface area contributed by atoms with Crippen molar-refractivity contribution >= 4 is 62.8 Å².